The van der Waals surface area contributed by atoms with Crippen LogP contribution >= 0.6 is 0 Å². The fourth-order valence-corrected chi connectivity index (χ4v) is 4.27. The van der Waals surface area contributed by atoms with E-state index < -0.39 is 23.3 Å². The van der Waals surface area contributed by atoms with Crippen LogP contribution in [0, 0.1) is 0 Å². The molecule has 33 heavy (non-hydrogen) atoms. The second-order valence-corrected chi connectivity index (χ2v) is 8.50. The van der Waals surface area contributed by atoms with Gasteiger partial charge in [0.1, 0.15) is 0 Å². The smallest absolute Gasteiger partial charge is 0.322 e. The first-order chi connectivity index (χ1) is 16.0. The SMILES string of the molecule is O=C(Nc1ccccccccc1)c1cnn(C2CCCCCCCCCC2)c1C(F)(F)F. The molecule has 1 aromatic carbocycles. The fraction of sp³-hybridized carbons (Fsp3) is 0.462. The van der Waals surface area contributed by atoms with Crippen LogP contribution in [0.2, 0.25) is 0 Å². The number of alkyl halides is 3. The van der Waals surface area contributed by atoms with E-state index in [0.29, 0.717) is 18.5 Å². The maximum absolute atomic E-state index is 14.1. The van der Waals surface area contributed by atoms with Crippen LogP contribution in [0.4, 0.5) is 18.9 Å². The van der Waals surface area contributed by atoms with E-state index >= 15 is 0 Å². The minimum absolute atomic E-state index is 0.353. The summed E-state index contributed by atoms with van der Waals surface area (Å²) in [6, 6.07) is 15.4. The molecule has 0 bridgehead atoms. The average molecular weight is 460 g/mol. The zero-order valence-electron chi connectivity index (χ0n) is 18.9. The molecule has 0 aliphatic heterocycles. The van der Waals surface area contributed by atoms with Crippen LogP contribution < -0.4 is 5.32 Å². The lowest BCUT2D eigenvalue weighted by atomic mass is 10.0. The molecule has 1 N–H and O–H groups in total. The number of carbonyl (C=O) groups excluding carboxylic acids is 1. The Balaban J connectivity index is 1.89. The molecule has 1 saturated carbocycles. The molecule has 1 aliphatic rings. The highest BCUT2D eigenvalue weighted by Gasteiger charge is 2.41. The van der Waals surface area contributed by atoms with Crippen molar-refractivity contribution in [2.45, 2.75) is 76.4 Å². The van der Waals surface area contributed by atoms with Crippen LogP contribution in [-0.4, -0.2) is 15.7 Å². The van der Waals surface area contributed by atoms with E-state index in [-0.39, 0.29) is 6.04 Å². The second-order valence-electron chi connectivity index (χ2n) is 8.50. The van der Waals surface area contributed by atoms with Crippen molar-refractivity contribution in [3.8, 4) is 0 Å². The Morgan fingerprint density at radius 2 is 1.30 bits per heavy atom. The molecular formula is C26H32F3N3O. The summed E-state index contributed by atoms with van der Waals surface area (Å²) >= 11 is 0. The van der Waals surface area contributed by atoms with Crippen LogP contribution in [0.5, 0.6) is 0 Å². The second kappa shape index (κ2) is 12.4. The van der Waals surface area contributed by atoms with Crippen molar-refractivity contribution < 1.29 is 18.0 Å². The van der Waals surface area contributed by atoms with Crippen molar-refractivity contribution in [3.05, 3.63) is 72.1 Å². The third kappa shape index (κ3) is 7.62. The minimum atomic E-state index is -4.68. The Hall–Kier alpha value is -2.83. The van der Waals surface area contributed by atoms with E-state index in [1.807, 2.05) is 18.2 Å². The molecule has 0 saturated heterocycles. The third-order valence-corrected chi connectivity index (χ3v) is 5.96. The highest BCUT2D eigenvalue weighted by Crippen LogP contribution is 2.36. The lowest BCUT2D eigenvalue weighted by Gasteiger charge is -2.21. The minimum Gasteiger partial charge on any atom is -0.322 e. The van der Waals surface area contributed by atoms with E-state index in [9.17, 15) is 18.0 Å². The summed E-state index contributed by atoms with van der Waals surface area (Å²) in [5.41, 5.74) is -1.00. The maximum Gasteiger partial charge on any atom is 0.433 e. The summed E-state index contributed by atoms with van der Waals surface area (Å²) in [4.78, 5) is 12.9. The number of aromatic nitrogens is 2. The van der Waals surface area contributed by atoms with Gasteiger partial charge in [-0.05, 0) is 25.0 Å². The van der Waals surface area contributed by atoms with Gasteiger partial charge in [0.05, 0.1) is 17.8 Å². The van der Waals surface area contributed by atoms with E-state index in [4.69, 9.17) is 0 Å². The van der Waals surface area contributed by atoms with Gasteiger partial charge in [0, 0.05) is 5.69 Å². The van der Waals surface area contributed by atoms with E-state index in [1.165, 1.54) is 12.8 Å². The van der Waals surface area contributed by atoms with Crippen molar-refractivity contribution >= 4 is 11.6 Å². The predicted molar refractivity (Wildman–Crippen MR) is 124 cm³/mol. The fourth-order valence-electron chi connectivity index (χ4n) is 4.27. The molecule has 1 fully saturated rings. The van der Waals surface area contributed by atoms with Crippen LogP contribution in [0.1, 0.15) is 86.3 Å². The molecule has 0 spiro atoms. The van der Waals surface area contributed by atoms with E-state index in [0.717, 1.165) is 49.4 Å². The molecular weight excluding hydrogens is 427 g/mol. The van der Waals surface area contributed by atoms with Crippen molar-refractivity contribution in [3.63, 3.8) is 0 Å². The first-order valence-electron chi connectivity index (χ1n) is 11.8. The zero-order valence-corrected chi connectivity index (χ0v) is 18.9. The number of carbonyl (C=O) groups is 1. The molecule has 7 heteroatoms. The summed E-state index contributed by atoms with van der Waals surface area (Å²) in [6.07, 6.45) is 6.07. The lowest BCUT2D eigenvalue weighted by molar-refractivity contribution is -0.145. The number of nitrogens with zero attached hydrogens (tertiary/aromatic N) is 2. The molecule has 1 aliphatic carbocycles. The lowest BCUT2D eigenvalue weighted by Crippen LogP contribution is -2.24. The van der Waals surface area contributed by atoms with Crippen LogP contribution in [0.3, 0.4) is 0 Å². The molecule has 4 nitrogen and oxygen atoms in total. The van der Waals surface area contributed by atoms with Crippen molar-refractivity contribution in [2.24, 2.45) is 0 Å². The highest BCUT2D eigenvalue weighted by atomic mass is 19.4. The van der Waals surface area contributed by atoms with Gasteiger partial charge in [-0.3, -0.25) is 9.48 Å². The van der Waals surface area contributed by atoms with E-state index in [2.05, 4.69) is 10.4 Å². The molecule has 3 rings (SSSR count). The number of rotatable bonds is 3. The van der Waals surface area contributed by atoms with Gasteiger partial charge in [-0.2, -0.15) is 18.3 Å². The van der Waals surface area contributed by atoms with E-state index in [1.54, 1.807) is 36.4 Å². The molecule has 1 amide bonds. The van der Waals surface area contributed by atoms with Gasteiger partial charge in [0.25, 0.3) is 5.91 Å². The van der Waals surface area contributed by atoms with Crippen molar-refractivity contribution in [2.75, 3.05) is 5.32 Å². The number of nitrogens with one attached hydrogen (secondary N) is 1. The Kier molecular flexibility index (Phi) is 9.34. The molecule has 0 atom stereocenters. The molecule has 2 aromatic rings. The van der Waals surface area contributed by atoms with Crippen molar-refractivity contribution in [1.29, 1.82) is 0 Å². The largest absolute Gasteiger partial charge is 0.433 e. The van der Waals surface area contributed by atoms with Crippen LogP contribution in [-0.2, 0) is 6.18 Å². The highest BCUT2D eigenvalue weighted by molar-refractivity contribution is 6.05. The molecule has 0 unspecified atom stereocenters. The monoisotopic (exact) mass is 459 g/mol. The Morgan fingerprint density at radius 1 is 0.818 bits per heavy atom. The summed E-state index contributed by atoms with van der Waals surface area (Å²) in [5, 5.41) is 6.70. The van der Waals surface area contributed by atoms with Crippen LogP contribution in [0.25, 0.3) is 0 Å². The molecule has 1 aromatic heterocycles. The van der Waals surface area contributed by atoms with Crippen LogP contribution in [0.15, 0.2) is 60.8 Å². The molecule has 178 valence electrons. The number of hydrogen-bond donors (Lipinski definition) is 1. The summed E-state index contributed by atoms with van der Waals surface area (Å²) < 4.78 is 43.5. The number of halogens is 3. The summed E-state index contributed by atoms with van der Waals surface area (Å²) in [6.45, 7) is 0. The van der Waals surface area contributed by atoms with Gasteiger partial charge in [0.2, 0.25) is 0 Å². The maximum atomic E-state index is 14.1. The van der Waals surface area contributed by atoms with Crippen molar-refractivity contribution in [1.82, 2.24) is 9.78 Å². The summed E-state index contributed by atoms with van der Waals surface area (Å²) in [5.74, 6) is -0.814. The number of hydrogen-bond acceptors (Lipinski definition) is 2. The number of anilines is 1. The first kappa shape index (κ1) is 24.8. The zero-order chi connectivity index (χ0) is 23.5. The standard InChI is InChI=1S/C26H32F3N3O/c27-26(28,29)24-23(25(33)31-21-16-12-8-4-3-5-9-13-17-21)20-30-32(24)22-18-14-10-6-1-2-7-11-15-19-22/h3-5,8-9,12-13,16-17,20,22H,1-2,6-7,10-11,14-15,18-19H2,(H,31,33). The average Bonchev–Trinajstić information content (AvgIpc) is 3.21. The Labute approximate surface area is 193 Å². The van der Waals surface area contributed by atoms with Gasteiger partial charge in [-0.25, -0.2) is 0 Å². The molecule has 1 heterocycles. The predicted octanol–water partition coefficient (Wildman–Crippen LogP) is 7.73. The topological polar surface area (TPSA) is 46.9 Å². The van der Waals surface area contributed by atoms with Gasteiger partial charge in [-0.1, -0.05) is 93.8 Å². The Morgan fingerprint density at radius 3 is 1.82 bits per heavy atom. The van der Waals surface area contributed by atoms with Gasteiger partial charge < -0.3 is 5.32 Å². The molecule has 0 radical (unpaired) electrons. The third-order valence-electron chi connectivity index (χ3n) is 5.96. The summed E-state index contributed by atoms with van der Waals surface area (Å²) in [7, 11) is 0. The number of amides is 1. The quantitative estimate of drug-likeness (QED) is 0.510. The normalized spacial score (nSPS) is 16.3. The van der Waals surface area contributed by atoms with Gasteiger partial charge >= 0.3 is 6.18 Å². The Bertz CT molecular complexity index is 917. The van der Waals surface area contributed by atoms with Gasteiger partial charge in [0.15, 0.2) is 5.69 Å². The first-order valence-corrected chi connectivity index (χ1v) is 11.8. The van der Waals surface area contributed by atoms with Gasteiger partial charge in [-0.15, -0.1) is 0 Å².